The van der Waals surface area contributed by atoms with Gasteiger partial charge in [0.05, 0.1) is 0 Å². The van der Waals surface area contributed by atoms with Crippen LogP contribution in [0, 0.1) is 34.0 Å². The van der Waals surface area contributed by atoms with E-state index in [1.54, 1.807) is 25.1 Å². The van der Waals surface area contributed by atoms with E-state index in [2.05, 4.69) is 0 Å². The highest BCUT2D eigenvalue weighted by molar-refractivity contribution is 5.66. The molecule has 0 bridgehead atoms. The quantitative estimate of drug-likeness (QED) is 0.610. The van der Waals surface area contributed by atoms with Crippen molar-refractivity contribution in [2.75, 3.05) is 5.73 Å². The van der Waals surface area contributed by atoms with Crippen molar-refractivity contribution in [1.29, 1.82) is 15.8 Å². The van der Waals surface area contributed by atoms with Gasteiger partial charge in [0, 0.05) is 6.07 Å². The first kappa shape index (κ1) is 12.1. The Kier molecular flexibility index (Phi) is 3.71. The first-order valence-electron chi connectivity index (χ1n) is 4.61. The molecule has 1 heterocycles. The van der Waals surface area contributed by atoms with Crippen LogP contribution in [-0.4, -0.2) is 0 Å². The molecule has 0 aliphatic carbocycles. The smallest absolute Gasteiger partial charge is 0.208 e. The van der Waals surface area contributed by atoms with Gasteiger partial charge >= 0.3 is 0 Å². The fourth-order valence-corrected chi connectivity index (χ4v) is 1.08. The van der Waals surface area contributed by atoms with Crippen molar-refractivity contribution in [2.45, 2.75) is 6.92 Å². The van der Waals surface area contributed by atoms with Gasteiger partial charge in [0.1, 0.15) is 35.1 Å². The molecule has 5 heteroatoms. The van der Waals surface area contributed by atoms with Crippen LogP contribution in [0.3, 0.4) is 0 Å². The molecule has 0 fully saturated rings. The summed E-state index contributed by atoms with van der Waals surface area (Å²) in [5.74, 6) is 0.491. The standard InChI is InChI=1S/C12H8N4O/c1-8(2-3-9(5-13)6-14)11-4-10(7-15)12(16)17-11/h2-4H,16H2,1H3/b8-2-. The highest BCUT2D eigenvalue weighted by atomic mass is 16.4. The number of rotatable bonds is 2. The number of nitrogens with two attached hydrogens (primary N) is 1. The van der Waals surface area contributed by atoms with E-state index in [0.29, 0.717) is 11.3 Å². The van der Waals surface area contributed by atoms with Gasteiger partial charge < -0.3 is 10.2 Å². The Hall–Kier alpha value is -2.97. The van der Waals surface area contributed by atoms with E-state index in [4.69, 9.17) is 25.9 Å². The number of nitriles is 3. The van der Waals surface area contributed by atoms with Gasteiger partial charge in [-0.15, -0.1) is 0 Å². The third kappa shape index (κ3) is 2.75. The average Bonchev–Trinajstić information content (AvgIpc) is 2.71. The van der Waals surface area contributed by atoms with Crippen LogP contribution in [0.15, 0.2) is 28.2 Å². The molecule has 0 atom stereocenters. The number of anilines is 1. The lowest BCUT2D eigenvalue weighted by molar-refractivity contribution is 0.572. The Labute approximate surface area is 98.3 Å². The molecule has 17 heavy (non-hydrogen) atoms. The first-order chi connectivity index (χ1) is 8.12. The van der Waals surface area contributed by atoms with Crippen molar-refractivity contribution in [1.82, 2.24) is 0 Å². The molecule has 0 aliphatic rings. The molecule has 0 spiro atoms. The average molecular weight is 224 g/mol. The molecule has 1 rings (SSSR count). The molecular formula is C12H8N4O. The Morgan fingerprint density at radius 1 is 1.29 bits per heavy atom. The number of hydrogen-bond acceptors (Lipinski definition) is 5. The maximum absolute atomic E-state index is 8.70. The summed E-state index contributed by atoms with van der Waals surface area (Å²) in [5.41, 5.74) is 6.38. The molecule has 0 aromatic carbocycles. The van der Waals surface area contributed by atoms with E-state index in [1.807, 2.05) is 6.07 Å². The Bertz CT molecular complexity index is 598. The zero-order chi connectivity index (χ0) is 12.8. The van der Waals surface area contributed by atoms with E-state index in [9.17, 15) is 0 Å². The Morgan fingerprint density at radius 3 is 2.41 bits per heavy atom. The highest BCUT2D eigenvalue weighted by Gasteiger charge is 2.08. The van der Waals surface area contributed by atoms with Crippen LogP contribution in [0.4, 0.5) is 5.88 Å². The molecule has 0 unspecified atom stereocenters. The van der Waals surface area contributed by atoms with Crippen LogP contribution in [0.1, 0.15) is 18.2 Å². The Balaban J connectivity index is 3.07. The maximum atomic E-state index is 8.70. The van der Waals surface area contributed by atoms with E-state index < -0.39 is 0 Å². The van der Waals surface area contributed by atoms with Gasteiger partial charge in [0.25, 0.3) is 0 Å². The molecule has 0 saturated heterocycles. The second-order valence-corrected chi connectivity index (χ2v) is 3.15. The van der Waals surface area contributed by atoms with Gasteiger partial charge in [-0.1, -0.05) is 6.08 Å². The summed E-state index contributed by atoms with van der Waals surface area (Å²) in [4.78, 5) is 0. The van der Waals surface area contributed by atoms with Gasteiger partial charge in [-0.3, -0.25) is 0 Å². The van der Waals surface area contributed by atoms with Crippen molar-refractivity contribution in [3.63, 3.8) is 0 Å². The minimum absolute atomic E-state index is 0.00983. The van der Waals surface area contributed by atoms with Crippen LogP contribution in [0.25, 0.3) is 5.57 Å². The predicted molar refractivity (Wildman–Crippen MR) is 60.8 cm³/mol. The van der Waals surface area contributed by atoms with Gasteiger partial charge in [-0.2, -0.15) is 15.8 Å². The lowest BCUT2D eigenvalue weighted by Gasteiger charge is -1.92. The molecular weight excluding hydrogens is 216 g/mol. The fourth-order valence-electron chi connectivity index (χ4n) is 1.08. The summed E-state index contributed by atoms with van der Waals surface area (Å²) in [5, 5.41) is 25.8. The monoisotopic (exact) mass is 224 g/mol. The topological polar surface area (TPSA) is 111 Å². The van der Waals surface area contributed by atoms with Crippen molar-refractivity contribution < 1.29 is 4.42 Å². The van der Waals surface area contributed by atoms with E-state index >= 15 is 0 Å². The van der Waals surface area contributed by atoms with E-state index in [0.717, 1.165) is 0 Å². The van der Waals surface area contributed by atoms with Crippen molar-refractivity contribution >= 4 is 11.5 Å². The number of nitrogens with zero attached hydrogens (tertiary/aromatic N) is 3. The summed E-state index contributed by atoms with van der Waals surface area (Å²) < 4.78 is 5.16. The minimum Gasteiger partial charge on any atom is -0.440 e. The number of furan rings is 1. The molecule has 2 N–H and O–H groups in total. The van der Waals surface area contributed by atoms with Gasteiger partial charge in [0.15, 0.2) is 0 Å². The molecule has 5 nitrogen and oxygen atoms in total. The van der Waals surface area contributed by atoms with Crippen molar-refractivity contribution in [2.24, 2.45) is 0 Å². The van der Waals surface area contributed by atoms with Crippen LogP contribution in [0.5, 0.6) is 0 Å². The summed E-state index contributed by atoms with van der Waals surface area (Å²) in [7, 11) is 0. The number of nitrogen functional groups attached to an aromatic ring is 1. The third-order valence-corrected chi connectivity index (χ3v) is 2.01. The van der Waals surface area contributed by atoms with E-state index in [1.165, 1.54) is 12.1 Å². The van der Waals surface area contributed by atoms with Crippen LogP contribution < -0.4 is 5.73 Å². The second kappa shape index (κ2) is 5.21. The largest absolute Gasteiger partial charge is 0.440 e. The molecule has 0 amide bonds. The Morgan fingerprint density at radius 2 is 1.94 bits per heavy atom. The zero-order valence-electron chi connectivity index (χ0n) is 9.06. The number of allylic oxidation sites excluding steroid dienone is 4. The molecule has 1 aromatic heterocycles. The fraction of sp³-hybridized carbons (Fsp3) is 0.0833. The molecule has 1 aromatic rings. The summed E-state index contributed by atoms with van der Waals surface area (Å²) in [6.07, 6.45) is 2.93. The molecule has 0 saturated carbocycles. The van der Waals surface area contributed by atoms with Gasteiger partial charge in [0.2, 0.25) is 5.88 Å². The SMILES string of the molecule is C/C(=C/C=C(C#N)C#N)c1cc(C#N)c(N)o1. The van der Waals surface area contributed by atoms with Crippen LogP contribution in [0.2, 0.25) is 0 Å². The van der Waals surface area contributed by atoms with Gasteiger partial charge in [-0.25, -0.2) is 0 Å². The summed E-state index contributed by atoms with van der Waals surface area (Å²) in [6, 6.07) is 6.87. The summed E-state index contributed by atoms with van der Waals surface area (Å²) in [6.45, 7) is 1.72. The minimum atomic E-state index is -0.00983. The van der Waals surface area contributed by atoms with Gasteiger partial charge in [-0.05, 0) is 18.6 Å². The normalized spacial score (nSPS) is 9.88. The summed E-state index contributed by atoms with van der Waals surface area (Å²) >= 11 is 0. The van der Waals surface area contributed by atoms with Crippen LogP contribution in [-0.2, 0) is 0 Å². The van der Waals surface area contributed by atoms with Crippen molar-refractivity contribution in [3.8, 4) is 18.2 Å². The third-order valence-electron chi connectivity index (χ3n) is 2.01. The lowest BCUT2D eigenvalue weighted by Crippen LogP contribution is -1.82. The van der Waals surface area contributed by atoms with E-state index in [-0.39, 0.29) is 17.0 Å². The van der Waals surface area contributed by atoms with Crippen LogP contribution >= 0.6 is 0 Å². The first-order valence-corrected chi connectivity index (χ1v) is 4.61. The maximum Gasteiger partial charge on any atom is 0.208 e. The second-order valence-electron chi connectivity index (χ2n) is 3.15. The number of hydrogen-bond donors (Lipinski definition) is 1. The zero-order valence-corrected chi connectivity index (χ0v) is 9.06. The lowest BCUT2D eigenvalue weighted by atomic mass is 10.2. The predicted octanol–water partition coefficient (Wildman–Crippen LogP) is 2.11. The molecule has 82 valence electrons. The highest BCUT2D eigenvalue weighted by Crippen LogP contribution is 2.23. The molecule has 0 radical (unpaired) electrons. The van der Waals surface area contributed by atoms with Crippen molar-refractivity contribution in [3.05, 3.63) is 35.1 Å². The molecule has 0 aliphatic heterocycles.